The Balaban J connectivity index is 1.48. The molecule has 0 aromatic heterocycles. The molecule has 0 amide bonds. The average molecular weight is 486 g/mol. The fraction of sp³-hybridized carbons (Fsp3) is 0.500. The van der Waals surface area contributed by atoms with Gasteiger partial charge >= 0.3 is 0 Å². The van der Waals surface area contributed by atoms with Crippen molar-refractivity contribution in [2.45, 2.75) is 70.3 Å². The lowest BCUT2D eigenvalue weighted by Crippen LogP contribution is -2.51. The van der Waals surface area contributed by atoms with Gasteiger partial charge in [0, 0.05) is 11.3 Å². The molecular weight excluding hydrogens is 450 g/mol. The van der Waals surface area contributed by atoms with E-state index >= 15 is 0 Å². The zero-order valence-electron chi connectivity index (χ0n) is 21.2. The zero-order valence-corrected chi connectivity index (χ0v) is 21.2. The lowest BCUT2D eigenvalue weighted by Gasteiger charge is -2.53. The van der Waals surface area contributed by atoms with Crippen LogP contribution in [-0.4, -0.2) is 23.2 Å². The Labute approximate surface area is 213 Å². The molecule has 0 unspecified atom stereocenters. The van der Waals surface area contributed by atoms with Crippen LogP contribution in [0.4, 0.5) is 0 Å². The van der Waals surface area contributed by atoms with Crippen molar-refractivity contribution in [3.05, 3.63) is 59.0 Å². The van der Waals surface area contributed by atoms with Gasteiger partial charge in [-0.3, -0.25) is 5.43 Å². The van der Waals surface area contributed by atoms with E-state index in [1.54, 1.807) is 5.57 Å². The molecule has 188 valence electrons. The van der Waals surface area contributed by atoms with Crippen LogP contribution in [0, 0.1) is 29.1 Å². The molecule has 4 N–H and O–H groups in total. The number of fused-ring (bicyclic) bond motifs is 5. The topological polar surface area (TPSA) is 89.1 Å². The maximum absolute atomic E-state index is 11.8. The van der Waals surface area contributed by atoms with Crippen molar-refractivity contribution in [1.29, 1.82) is 0 Å². The Bertz CT molecular complexity index is 1280. The number of rotatable bonds is 3. The van der Waals surface area contributed by atoms with E-state index in [9.17, 15) is 5.11 Å². The van der Waals surface area contributed by atoms with E-state index in [4.69, 9.17) is 15.2 Å². The summed E-state index contributed by atoms with van der Waals surface area (Å²) in [5.74, 6) is 9.34. The number of nitrogens with zero attached hydrogens (tertiary/aromatic N) is 1. The second-order valence-electron chi connectivity index (χ2n) is 11.2. The van der Waals surface area contributed by atoms with E-state index in [0.717, 1.165) is 62.2 Å². The van der Waals surface area contributed by atoms with Gasteiger partial charge in [0.25, 0.3) is 0 Å². The molecular formula is C30H35N3O3. The van der Waals surface area contributed by atoms with Crippen LogP contribution in [0.25, 0.3) is 0 Å². The van der Waals surface area contributed by atoms with Crippen LogP contribution in [0.1, 0.15) is 70.3 Å². The third kappa shape index (κ3) is 3.48. The van der Waals surface area contributed by atoms with Gasteiger partial charge < -0.3 is 20.3 Å². The summed E-state index contributed by atoms with van der Waals surface area (Å²) in [6, 6.07) is 6.39. The number of hydrogen-bond donors (Lipinski definition) is 3. The minimum Gasteiger partial charge on any atom is -0.454 e. The van der Waals surface area contributed by atoms with Crippen LogP contribution in [0.5, 0.6) is 11.5 Å². The number of benzene rings is 1. The van der Waals surface area contributed by atoms with E-state index in [1.807, 2.05) is 13.0 Å². The van der Waals surface area contributed by atoms with Crippen molar-refractivity contribution in [2.75, 3.05) is 6.79 Å². The average Bonchev–Trinajstić information content (AvgIpc) is 3.43. The molecule has 0 saturated heterocycles. The molecule has 2 saturated carbocycles. The van der Waals surface area contributed by atoms with Gasteiger partial charge in [-0.15, -0.1) is 5.92 Å². The highest BCUT2D eigenvalue weighted by Crippen LogP contribution is 2.66. The largest absolute Gasteiger partial charge is 0.454 e. The summed E-state index contributed by atoms with van der Waals surface area (Å²) in [6.45, 7) is 8.09. The molecule has 6 nitrogen and oxygen atoms in total. The minimum atomic E-state index is -0.948. The van der Waals surface area contributed by atoms with E-state index in [0.29, 0.717) is 17.7 Å². The van der Waals surface area contributed by atoms with E-state index in [2.05, 4.69) is 54.1 Å². The Kier molecular flexibility index (Phi) is 5.46. The quantitative estimate of drug-likeness (QED) is 0.420. The van der Waals surface area contributed by atoms with Crippen molar-refractivity contribution in [2.24, 2.45) is 28.1 Å². The second-order valence-corrected chi connectivity index (χ2v) is 11.2. The number of hydrazone groups is 1. The lowest BCUT2D eigenvalue weighted by molar-refractivity contribution is -0.0513. The van der Waals surface area contributed by atoms with Crippen molar-refractivity contribution in [1.82, 2.24) is 5.43 Å². The molecule has 0 bridgehead atoms. The molecule has 1 heterocycles. The third-order valence-electron chi connectivity index (χ3n) is 9.38. The molecule has 5 aliphatic rings. The predicted octanol–water partition coefficient (Wildman–Crippen LogP) is 4.88. The highest BCUT2D eigenvalue weighted by atomic mass is 16.7. The first-order valence-electron chi connectivity index (χ1n) is 13.1. The third-order valence-corrected chi connectivity index (χ3v) is 9.38. The molecule has 6 heteroatoms. The van der Waals surface area contributed by atoms with Gasteiger partial charge in [-0.1, -0.05) is 31.1 Å². The highest BCUT2D eigenvalue weighted by molar-refractivity contribution is 5.97. The van der Waals surface area contributed by atoms with E-state index < -0.39 is 5.60 Å². The van der Waals surface area contributed by atoms with E-state index in [-0.39, 0.29) is 18.1 Å². The summed E-state index contributed by atoms with van der Waals surface area (Å²) < 4.78 is 11.4. The van der Waals surface area contributed by atoms with Crippen LogP contribution >= 0.6 is 0 Å². The Morgan fingerprint density at radius 2 is 2.06 bits per heavy atom. The van der Waals surface area contributed by atoms with Crippen LogP contribution in [0.3, 0.4) is 0 Å². The smallest absolute Gasteiger partial charge is 0.231 e. The monoisotopic (exact) mass is 485 g/mol. The molecule has 6 rings (SSSR count). The maximum Gasteiger partial charge on any atom is 0.231 e. The van der Waals surface area contributed by atoms with Gasteiger partial charge in [0.15, 0.2) is 11.5 Å². The van der Waals surface area contributed by atoms with Gasteiger partial charge in [0.2, 0.25) is 6.79 Å². The molecule has 1 aromatic carbocycles. The SMILES string of the molecule is C=C(N)N/N=C1/C=C2CC[C@@H]3C(=C2CC1)[C@@H](c1ccc2c(c1)OCO2)C[C@@]1(C)[C@H]3CC[C@@]1(O)C#CC. The first kappa shape index (κ1) is 23.2. The van der Waals surface area contributed by atoms with E-state index in [1.165, 1.54) is 16.7 Å². The summed E-state index contributed by atoms with van der Waals surface area (Å²) in [4.78, 5) is 0. The number of nitrogens with one attached hydrogen (secondary N) is 1. The lowest BCUT2D eigenvalue weighted by atomic mass is 9.51. The van der Waals surface area contributed by atoms with Crippen molar-refractivity contribution < 1.29 is 14.6 Å². The summed E-state index contributed by atoms with van der Waals surface area (Å²) in [5, 5.41) is 16.3. The molecule has 0 radical (unpaired) electrons. The van der Waals surface area contributed by atoms with Gasteiger partial charge in [-0.25, -0.2) is 0 Å². The Hall–Kier alpha value is -3.17. The molecule has 4 aliphatic carbocycles. The maximum atomic E-state index is 11.8. The summed E-state index contributed by atoms with van der Waals surface area (Å²) in [6.07, 6.45) is 8.85. The van der Waals surface area contributed by atoms with Crippen molar-refractivity contribution in [3.63, 3.8) is 0 Å². The molecule has 1 aromatic rings. The van der Waals surface area contributed by atoms with Gasteiger partial charge in [0.1, 0.15) is 11.4 Å². The summed E-state index contributed by atoms with van der Waals surface area (Å²) in [5.41, 5.74) is 14.0. The minimum absolute atomic E-state index is 0.202. The number of allylic oxidation sites excluding steroid dienone is 4. The molecule has 36 heavy (non-hydrogen) atoms. The highest BCUT2D eigenvalue weighted by Gasteiger charge is 2.62. The van der Waals surface area contributed by atoms with Gasteiger partial charge in [-0.05, 0) is 98.6 Å². The summed E-state index contributed by atoms with van der Waals surface area (Å²) >= 11 is 0. The van der Waals surface area contributed by atoms with Crippen LogP contribution in [0.15, 0.2) is 58.5 Å². The Morgan fingerprint density at radius 3 is 2.86 bits per heavy atom. The van der Waals surface area contributed by atoms with Crippen molar-refractivity contribution >= 4 is 5.71 Å². The molecule has 0 spiro atoms. The van der Waals surface area contributed by atoms with Crippen molar-refractivity contribution in [3.8, 4) is 23.3 Å². The van der Waals surface area contributed by atoms with Crippen LogP contribution in [-0.2, 0) is 0 Å². The number of hydrogen-bond acceptors (Lipinski definition) is 6. The number of nitrogens with two attached hydrogens (primary N) is 1. The fourth-order valence-corrected chi connectivity index (χ4v) is 7.75. The molecule has 5 atom stereocenters. The predicted molar refractivity (Wildman–Crippen MR) is 140 cm³/mol. The second kappa shape index (κ2) is 8.45. The summed E-state index contributed by atoms with van der Waals surface area (Å²) in [7, 11) is 0. The molecule has 1 aliphatic heterocycles. The molecule has 2 fully saturated rings. The first-order chi connectivity index (χ1) is 17.3. The van der Waals surface area contributed by atoms with Gasteiger partial charge in [0.05, 0.1) is 5.71 Å². The van der Waals surface area contributed by atoms with Gasteiger partial charge in [-0.2, -0.15) is 5.10 Å². The van der Waals surface area contributed by atoms with Crippen LogP contribution in [0.2, 0.25) is 0 Å². The Morgan fingerprint density at radius 1 is 1.22 bits per heavy atom. The first-order valence-corrected chi connectivity index (χ1v) is 13.1. The fourth-order valence-electron chi connectivity index (χ4n) is 7.75. The van der Waals surface area contributed by atoms with Crippen LogP contribution < -0.4 is 20.6 Å². The number of aliphatic hydroxyl groups is 1. The standard InChI is InChI=1S/C30H35N3O3/c1-4-12-30(34)13-11-25-23-8-5-19-14-21(33-32-18(2)31)7-9-22(19)28(23)24(16-29(25,30)3)20-6-10-26-27(15-20)36-17-35-26/h6,10,14-15,23-25,32,34H,2,5,7-9,11,13,16-17,31H2,1,3H3/b33-21+/t23-,24+,25-,29-,30-/m0/s1. The zero-order chi connectivity index (χ0) is 25.1. The number of ether oxygens (including phenoxy) is 2. The normalized spacial score (nSPS) is 35.2.